The molecule has 1 N–H and O–H groups in total. The summed E-state index contributed by atoms with van der Waals surface area (Å²) < 4.78 is 5.35. The molecule has 0 saturated carbocycles. The number of aliphatic carboxylic acids is 1. The number of hydrogen-bond donors (Lipinski definition) is 1. The molecule has 0 radical (unpaired) electrons. The summed E-state index contributed by atoms with van der Waals surface area (Å²) in [4.78, 5) is 26.0. The van der Waals surface area contributed by atoms with Crippen LogP contribution in [0.15, 0.2) is 24.3 Å². The van der Waals surface area contributed by atoms with E-state index < -0.39 is 5.97 Å². The summed E-state index contributed by atoms with van der Waals surface area (Å²) in [5, 5.41) is 9.23. The summed E-state index contributed by atoms with van der Waals surface area (Å²) in [6.45, 7) is 0.965. The lowest BCUT2D eigenvalue weighted by Crippen LogP contribution is -2.48. The maximum Gasteiger partial charge on any atom is 0.323 e. The lowest BCUT2D eigenvalue weighted by molar-refractivity contribution is -0.148. The molecule has 5 heteroatoms. The fourth-order valence-electron chi connectivity index (χ4n) is 3.74. The van der Waals surface area contributed by atoms with Gasteiger partial charge in [-0.2, -0.15) is 0 Å². The van der Waals surface area contributed by atoms with Crippen LogP contribution in [0.2, 0.25) is 0 Å². The molecule has 1 fully saturated rings. The first-order valence-electron chi connectivity index (χ1n) is 8.34. The van der Waals surface area contributed by atoms with Crippen LogP contribution in [0.5, 0.6) is 0 Å². The molecule has 1 aliphatic heterocycles. The van der Waals surface area contributed by atoms with Crippen molar-refractivity contribution >= 4 is 11.9 Å². The molecule has 1 aromatic rings. The van der Waals surface area contributed by atoms with Crippen molar-refractivity contribution in [2.45, 2.75) is 44.1 Å². The normalized spacial score (nSPS) is 21.5. The van der Waals surface area contributed by atoms with Gasteiger partial charge in [0.15, 0.2) is 0 Å². The van der Waals surface area contributed by atoms with E-state index in [1.165, 1.54) is 5.56 Å². The second kappa shape index (κ2) is 7.13. The number of nitrogens with zero attached hydrogens (tertiary/aromatic N) is 1. The van der Waals surface area contributed by atoms with E-state index in [2.05, 4.69) is 6.07 Å². The van der Waals surface area contributed by atoms with Crippen LogP contribution in [-0.4, -0.2) is 47.7 Å². The third-order valence-electron chi connectivity index (χ3n) is 4.89. The number of hydrogen-bond acceptors (Lipinski definition) is 3. The van der Waals surface area contributed by atoms with Gasteiger partial charge in [0.05, 0.1) is 5.92 Å². The van der Waals surface area contributed by atoms with Crippen LogP contribution in [0.1, 0.15) is 42.7 Å². The minimum atomic E-state index is -0.950. The Morgan fingerprint density at radius 3 is 2.65 bits per heavy atom. The number of fused-ring (bicyclic) bond motifs is 1. The third kappa shape index (κ3) is 3.55. The van der Waals surface area contributed by atoms with Crippen LogP contribution in [0.3, 0.4) is 0 Å². The zero-order valence-corrected chi connectivity index (χ0v) is 13.2. The quantitative estimate of drug-likeness (QED) is 0.924. The van der Waals surface area contributed by atoms with Gasteiger partial charge in [-0.1, -0.05) is 24.3 Å². The SMILES string of the molecule is O=C(O)CN(C(=O)[C@@H]1CCCc2ccccc21)C1CCOCC1. The molecule has 124 valence electrons. The topological polar surface area (TPSA) is 66.8 Å². The zero-order valence-electron chi connectivity index (χ0n) is 13.2. The van der Waals surface area contributed by atoms with E-state index in [1.807, 2.05) is 18.2 Å². The smallest absolute Gasteiger partial charge is 0.323 e. The Hall–Kier alpha value is -1.88. The van der Waals surface area contributed by atoms with Crippen LogP contribution in [-0.2, 0) is 20.7 Å². The molecule has 23 heavy (non-hydrogen) atoms. The standard InChI is InChI=1S/C18H23NO4/c20-17(21)12-19(14-8-10-23-11-9-14)18(22)16-7-3-5-13-4-1-2-6-15(13)16/h1-2,4,6,14,16H,3,5,7-12H2,(H,20,21)/t16-/m1/s1. The van der Waals surface area contributed by atoms with Gasteiger partial charge in [0, 0.05) is 19.3 Å². The largest absolute Gasteiger partial charge is 0.480 e. The van der Waals surface area contributed by atoms with Gasteiger partial charge < -0.3 is 14.7 Å². The molecular weight excluding hydrogens is 294 g/mol. The van der Waals surface area contributed by atoms with Gasteiger partial charge in [-0.25, -0.2) is 0 Å². The molecule has 1 amide bonds. The second-order valence-corrected chi connectivity index (χ2v) is 6.35. The van der Waals surface area contributed by atoms with E-state index in [9.17, 15) is 14.7 Å². The average molecular weight is 317 g/mol. The summed E-state index contributed by atoms with van der Waals surface area (Å²) in [5.41, 5.74) is 2.30. The number of carboxylic acid groups (broad SMARTS) is 1. The van der Waals surface area contributed by atoms with Crippen molar-refractivity contribution in [2.24, 2.45) is 0 Å². The van der Waals surface area contributed by atoms with Gasteiger partial charge in [-0.15, -0.1) is 0 Å². The molecule has 0 spiro atoms. The first kappa shape index (κ1) is 16.0. The zero-order chi connectivity index (χ0) is 16.2. The maximum atomic E-state index is 13.1. The van der Waals surface area contributed by atoms with Crippen molar-refractivity contribution in [3.05, 3.63) is 35.4 Å². The number of carboxylic acids is 1. The third-order valence-corrected chi connectivity index (χ3v) is 4.89. The minimum Gasteiger partial charge on any atom is -0.480 e. The van der Waals surface area contributed by atoms with Gasteiger partial charge in [-0.3, -0.25) is 9.59 Å². The number of carbonyl (C=O) groups is 2. The lowest BCUT2D eigenvalue weighted by Gasteiger charge is -2.37. The second-order valence-electron chi connectivity index (χ2n) is 6.35. The van der Waals surface area contributed by atoms with E-state index in [0.717, 1.165) is 24.8 Å². The molecule has 2 aliphatic rings. The number of ether oxygens (including phenoxy) is 1. The summed E-state index contributed by atoms with van der Waals surface area (Å²) in [7, 11) is 0. The van der Waals surface area contributed by atoms with E-state index >= 15 is 0 Å². The number of aryl methyl sites for hydroxylation is 1. The van der Waals surface area contributed by atoms with Crippen LogP contribution < -0.4 is 0 Å². The first-order chi connectivity index (χ1) is 11.2. The lowest BCUT2D eigenvalue weighted by atomic mass is 9.81. The van der Waals surface area contributed by atoms with Crippen molar-refractivity contribution in [3.63, 3.8) is 0 Å². The number of benzene rings is 1. The molecular formula is C18H23NO4. The van der Waals surface area contributed by atoms with Crippen molar-refractivity contribution in [1.29, 1.82) is 0 Å². The maximum absolute atomic E-state index is 13.1. The molecule has 0 aromatic heterocycles. The van der Waals surface area contributed by atoms with Gasteiger partial charge in [0.25, 0.3) is 0 Å². The highest BCUT2D eigenvalue weighted by molar-refractivity contribution is 5.87. The molecule has 5 nitrogen and oxygen atoms in total. The number of amides is 1. The Morgan fingerprint density at radius 2 is 1.91 bits per heavy atom. The highest BCUT2D eigenvalue weighted by atomic mass is 16.5. The highest BCUT2D eigenvalue weighted by Crippen LogP contribution is 2.34. The predicted octanol–water partition coefficient (Wildman–Crippen LogP) is 2.20. The van der Waals surface area contributed by atoms with Gasteiger partial charge in [0.1, 0.15) is 6.54 Å². The highest BCUT2D eigenvalue weighted by Gasteiger charge is 2.34. The molecule has 1 heterocycles. The predicted molar refractivity (Wildman–Crippen MR) is 85.3 cm³/mol. The number of rotatable bonds is 4. The Balaban J connectivity index is 1.84. The van der Waals surface area contributed by atoms with Gasteiger partial charge >= 0.3 is 5.97 Å². The van der Waals surface area contributed by atoms with Crippen LogP contribution >= 0.6 is 0 Å². The number of carbonyl (C=O) groups excluding carboxylic acids is 1. The summed E-state index contributed by atoms with van der Waals surface area (Å²) in [5.74, 6) is -1.19. The van der Waals surface area contributed by atoms with Crippen LogP contribution in [0.25, 0.3) is 0 Å². The van der Waals surface area contributed by atoms with Crippen LogP contribution in [0.4, 0.5) is 0 Å². The fourth-order valence-corrected chi connectivity index (χ4v) is 3.74. The van der Waals surface area contributed by atoms with Crippen molar-refractivity contribution < 1.29 is 19.4 Å². The Bertz CT molecular complexity index is 580. The molecule has 1 saturated heterocycles. The van der Waals surface area contributed by atoms with Gasteiger partial charge in [-0.05, 0) is 43.2 Å². The van der Waals surface area contributed by atoms with Crippen LogP contribution in [0, 0.1) is 0 Å². The summed E-state index contributed by atoms with van der Waals surface area (Å²) in [6, 6.07) is 8.02. The Labute approximate surface area is 136 Å². The van der Waals surface area contributed by atoms with Crippen molar-refractivity contribution in [3.8, 4) is 0 Å². The molecule has 0 bridgehead atoms. The van der Waals surface area contributed by atoms with E-state index in [0.29, 0.717) is 26.1 Å². The molecule has 0 unspecified atom stereocenters. The van der Waals surface area contributed by atoms with E-state index in [4.69, 9.17) is 4.74 Å². The average Bonchev–Trinajstić information content (AvgIpc) is 2.59. The van der Waals surface area contributed by atoms with E-state index in [-0.39, 0.29) is 24.4 Å². The molecule has 1 atom stereocenters. The Morgan fingerprint density at radius 1 is 1.17 bits per heavy atom. The van der Waals surface area contributed by atoms with Gasteiger partial charge in [0.2, 0.25) is 5.91 Å². The van der Waals surface area contributed by atoms with Crippen molar-refractivity contribution in [1.82, 2.24) is 4.90 Å². The van der Waals surface area contributed by atoms with Crippen molar-refractivity contribution in [2.75, 3.05) is 19.8 Å². The Kier molecular flexibility index (Phi) is 4.96. The summed E-state index contributed by atoms with van der Waals surface area (Å²) in [6.07, 6.45) is 4.20. The molecule has 1 aliphatic carbocycles. The monoisotopic (exact) mass is 317 g/mol. The summed E-state index contributed by atoms with van der Waals surface area (Å²) >= 11 is 0. The van der Waals surface area contributed by atoms with E-state index in [1.54, 1.807) is 4.90 Å². The molecule has 3 rings (SSSR count). The minimum absolute atomic E-state index is 0.0264. The molecule has 1 aromatic carbocycles. The fraction of sp³-hybridized carbons (Fsp3) is 0.556. The first-order valence-corrected chi connectivity index (χ1v) is 8.34.